The van der Waals surface area contributed by atoms with E-state index in [1.54, 1.807) is 10.9 Å². The van der Waals surface area contributed by atoms with Crippen LogP contribution in [0.5, 0.6) is 0 Å². The largest absolute Gasteiger partial charge is 0.534 e. The van der Waals surface area contributed by atoms with Gasteiger partial charge in [-0.1, -0.05) is 0 Å². The Morgan fingerprint density at radius 1 is 1.35 bits per heavy atom. The van der Waals surface area contributed by atoms with Crippen LogP contribution in [0, 0.1) is 0 Å². The van der Waals surface area contributed by atoms with Gasteiger partial charge in [0.2, 0.25) is 0 Å². The van der Waals surface area contributed by atoms with Crippen LogP contribution in [0.1, 0.15) is 24.1 Å². The number of hydrogen-bond donors (Lipinski definition) is 0. The highest BCUT2D eigenvalue weighted by molar-refractivity contribution is 7.87. The lowest BCUT2D eigenvalue weighted by Gasteiger charge is -2.26. The van der Waals surface area contributed by atoms with Crippen LogP contribution in [-0.4, -0.2) is 43.5 Å². The first-order valence-electron chi connectivity index (χ1n) is 6.71. The van der Waals surface area contributed by atoms with Gasteiger partial charge in [-0.15, -0.1) is 0 Å². The van der Waals surface area contributed by atoms with Crippen LogP contribution < -0.4 is 0 Å². The Bertz CT molecular complexity index is 709. The molecule has 1 atom stereocenters. The molecule has 3 heterocycles. The third kappa shape index (κ3) is 3.35. The zero-order valence-corrected chi connectivity index (χ0v) is 12.5. The second kappa shape index (κ2) is 5.80. The molecule has 0 bridgehead atoms. The fourth-order valence-electron chi connectivity index (χ4n) is 2.11. The maximum atomic E-state index is 12.3. The lowest BCUT2D eigenvalue weighted by Crippen LogP contribution is -2.30. The van der Waals surface area contributed by atoms with Gasteiger partial charge in [-0.05, 0) is 6.08 Å². The molecule has 2 aliphatic heterocycles. The Balaban J connectivity index is 1.75. The predicted molar refractivity (Wildman–Crippen MR) is 69.5 cm³/mol. The van der Waals surface area contributed by atoms with Crippen LogP contribution in [0.25, 0.3) is 0 Å². The van der Waals surface area contributed by atoms with E-state index >= 15 is 0 Å². The van der Waals surface area contributed by atoms with E-state index in [1.165, 1.54) is 12.3 Å². The fourth-order valence-corrected chi connectivity index (χ4v) is 2.63. The predicted octanol–water partition coefficient (Wildman–Crippen LogP) is 1.67. The first-order chi connectivity index (χ1) is 10.8. The Hall–Kier alpha value is -1.59. The van der Waals surface area contributed by atoms with E-state index in [-0.39, 0.29) is 24.8 Å². The van der Waals surface area contributed by atoms with E-state index in [9.17, 15) is 21.6 Å². The minimum absolute atomic E-state index is 0.0433. The van der Waals surface area contributed by atoms with Crippen LogP contribution in [0.2, 0.25) is 0 Å². The Morgan fingerprint density at radius 2 is 2.09 bits per heavy atom. The summed E-state index contributed by atoms with van der Waals surface area (Å²) in [5.74, 6) is -0.293. The monoisotopic (exact) mass is 354 g/mol. The van der Waals surface area contributed by atoms with Crippen LogP contribution in [-0.2, 0) is 23.8 Å². The van der Waals surface area contributed by atoms with Gasteiger partial charge in [-0.2, -0.15) is 26.7 Å². The van der Waals surface area contributed by atoms with E-state index in [0.717, 1.165) is 0 Å². The van der Waals surface area contributed by atoms with Crippen molar-refractivity contribution in [3.63, 3.8) is 0 Å². The van der Waals surface area contributed by atoms with Crippen LogP contribution in [0.3, 0.4) is 0 Å². The first-order valence-corrected chi connectivity index (χ1v) is 8.12. The van der Waals surface area contributed by atoms with Crippen LogP contribution in [0.15, 0.2) is 24.2 Å². The molecular weight excluding hydrogens is 341 g/mol. The molecule has 0 aromatic carbocycles. The number of halogens is 3. The molecule has 0 saturated carbocycles. The number of aromatic nitrogens is 2. The van der Waals surface area contributed by atoms with Crippen molar-refractivity contribution >= 4 is 10.1 Å². The minimum atomic E-state index is -5.67. The lowest BCUT2D eigenvalue weighted by atomic mass is 10.1. The topological polar surface area (TPSA) is 79.7 Å². The highest BCUT2D eigenvalue weighted by atomic mass is 32.2. The summed E-state index contributed by atoms with van der Waals surface area (Å²) >= 11 is 0. The molecule has 1 aromatic heterocycles. The Labute approximate surface area is 129 Å². The van der Waals surface area contributed by atoms with Crippen molar-refractivity contribution in [2.75, 3.05) is 19.8 Å². The number of alkyl halides is 3. The SMILES string of the molecule is O=S(=O)(OC1=CC(c2cnn(C3COC3)c2)OCC1)C(F)(F)F. The van der Waals surface area contributed by atoms with E-state index in [0.29, 0.717) is 18.8 Å². The number of nitrogens with zero attached hydrogens (tertiary/aromatic N) is 2. The summed E-state index contributed by atoms with van der Waals surface area (Å²) in [4.78, 5) is 0. The molecule has 0 N–H and O–H groups in total. The summed E-state index contributed by atoms with van der Waals surface area (Å²) in [6.45, 7) is 1.13. The fraction of sp³-hybridized carbons (Fsp3) is 0.583. The second-order valence-electron chi connectivity index (χ2n) is 5.10. The molecule has 1 unspecified atom stereocenters. The molecule has 0 aliphatic carbocycles. The normalized spacial score (nSPS) is 23.3. The first kappa shape index (κ1) is 16.3. The highest BCUT2D eigenvalue weighted by Crippen LogP contribution is 2.32. The number of rotatable bonds is 4. The number of ether oxygens (including phenoxy) is 2. The molecule has 0 radical (unpaired) electrons. The summed E-state index contributed by atoms with van der Waals surface area (Å²) in [6, 6.07) is 0.123. The summed E-state index contributed by atoms with van der Waals surface area (Å²) in [6.07, 6.45) is 3.65. The Kier molecular flexibility index (Phi) is 4.10. The third-order valence-electron chi connectivity index (χ3n) is 3.43. The van der Waals surface area contributed by atoms with Crippen LogP contribution in [0.4, 0.5) is 13.2 Å². The molecule has 11 heteroatoms. The van der Waals surface area contributed by atoms with Crippen molar-refractivity contribution < 1.29 is 35.2 Å². The maximum absolute atomic E-state index is 12.3. The van der Waals surface area contributed by atoms with Gasteiger partial charge in [0.1, 0.15) is 11.9 Å². The molecule has 3 rings (SSSR count). The zero-order chi connectivity index (χ0) is 16.7. The average Bonchev–Trinajstić information content (AvgIpc) is 2.84. The van der Waals surface area contributed by atoms with E-state index in [4.69, 9.17) is 9.47 Å². The molecule has 128 valence electrons. The van der Waals surface area contributed by atoms with Gasteiger partial charge >= 0.3 is 15.6 Å². The second-order valence-corrected chi connectivity index (χ2v) is 6.64. The molecule has 0 spiro atoms. The smallest absolute Gasteiger partial charge is 0.381 e. The van der Waals surface area contributed by atoms with Gasteiger partial charge in [-0.25, -0.2) is 0 Å². The van der Waals surface area contributed by atoms with Crippen molar-refractivity contribution in [2.45, 2.75) is 24.1 Å². The molecule has 2 aliphatic rings. The standard InChI is InChI=1S/C12H13F3N2O5S/c13-12(14,15)23(18,19)22-10-1-2-21-11(3-10)8-4-16-17(5-8)9-6-20-7-9/h3-5,9,11H,1-2,6-7H2. The third-order valence-corrected chi connectivity index (χ3v) is 4.43. The van der Waals surface area contributed by atoms with Gasteiger partial charge in [-0.3, -0.25) is 4.68 Å². The van der Waals surface area contributed by atoms with Gasteiger partial charge in [0.25, 0.3) is 0 Å². The molecule has 1 fully saturated rings. The Morgan fingerprint density at radius 3 is 2.70 bits per heavy atom. The average molecular weight is 354 g/mol. The molecule has 0 amide bonds. The van der Waals surface area contributed by atoms with Crippen molar-refractivity contribution in [2.24, 2.45) is 0 Å². The van der Waals surface area contributed by atoms with Gasteiger partial charge in [0.05, 0.1) is 32.1 Å². The van der Waals surface area contributed by atoms with E-state index in [1.807, 2.05) is 0 Å². The van der Waals surface area contributed by atoms with Crippen molar-refractivity contribution in [3.8, 4) is 0 Å². The van der Waals surface area contributed by atoms with Gasteiger partial charge < -0.3 is 13.7 Å². The molecule has 1 saturated heterocycles. The van der Waals surface area contributed by atoms with Crippen molar-refractivity contribution in [1.82, 2.24) is 9.78 Å². The summed E-state index contributed by atoms with van der Waals surface area (Å²) < 4.78 is 75.5. The minimum Gasteiger partial charge on any atom is -0.381 e. The number of hydrogen-bond acceptors (Lipinski definition) is 6. The van der Waals surface area contributed by atoms with E-state index in [2.05, 4.69) is 9.28 Å². The van der Waals surface area contributed by atoms with Gasteiger partial charge in [0.15, 0.2) is 0 Å². The quantitative estimate of drug-likeness (QED) is 0.604. The van der Waals surface area contributed by atoms with E-state index < -0.39 is 21.7 Å². The van der Waals surface area contributed by atoms with Gasteiger partial charge in [0, 0.05) is 18.2 Å². The summed E-state index contributed by atoms with van der Waals surface area (Å²) in [5.41, 5.74) is -4.86. The van der Waals surface area contributed by atoms with Crippen molar-refractivity contribution in [1.29, 1.82) is 0 Å². The highest BCUT2D eigenvalue weighted by Gasteiger charge is 2.49. The molecule has 23 heavy (non-hydrogen) atoms. The van der Waals surface area contributed by atoms with Crippen molar-refractivity contribution in [3.05, 3.63) is 29.8 Å². The maximum Gasteiger partial charge on any atom is 0.534 e. The summed E-state index contributed by atoms with van der Waals surface area (Å²) in [7, 11) is -5.67. The molecule has 1 aromatic rings. The molecule has 7 nitrogen and oxygen atoms in total. The lowest BCUT2D eigenvalue weighted by molar-refractivity contribution is -0.0530. The zero-order valence-electron chi connectivity index (χ0n) is 11.7. The van der Waals surface area contributed by atoms with Crippen LogP contribution >= 0.6 is 0 Å². The summed E-state index contributed by atoms with van der Waals surface area (Å²) in [5, 5.41) is 4.14. The molecular formula is C12H13F3N2O5S.